The molecular weight excluding hydrogens is 130 g/mol. The Morgan fingerprint density at radius 2 is 2.10 bits per heavy atom. The molecule has 0 unspecified atom stereocenters. The first-order valence-electron chi connectivity index (χ1n) is 3.03. The second-order valence-corrected chi connectivity index (χ2v) is 1.26. The molecule has 0 radical (unpaired) electrons. The fourth-order valence-corrected chi connectivity index (χ4v) is 0.342. The fraction of sp³-hybridized carbons (Fsp3) is 0.500. The zero-order chi connectivity index (χ0) is 7.98. The van der Waals surface area contributed by atoms with Crippen molar-refractivity contribution in [2.24, 2.45) is 0 Å². The molecule has 4 heteroatoms. The van der Waals surface area contributed by atoms with Crippen LogP contribution in [0.4, 0.5) is 0 Å². The SMILES string of the molecule is CC.Cc1noc(C#N)n1. The van der Waals surface area contributed by atoms with Gasteiger partial charge in [0.05, 0.1) is 0 Å². The van der Waals surface area contributed by atoms with Crippen molar-refractivity contribution in [3.05, 3.63) is 11.7 Å². The van der Waals surface area contributed by atoms with E-state index < -0.39 is 0 Å². The Morgan fingerprint density at radius 3 is 2.30 bits per heavy atom. The summed E-state index contributed by atoms with van der Waals surface area (Å²) >= 11 is 0. The van der Waals surface area contributed by atoms with Crippen LogP contribution in [-0.2, 0) is 0 Å². The number of aryl methyl sites for hydroxylation is 1. The minimum atomic E-state index is 0.0162. The average molecular weight is 139 g/mol. The van der Waals surface area contributed by atoms with Crippen LogP contribution in [-0.4, -0.2) is 10.1 Å². The molecule has 0 aromatic carbocycles. The van der Waals surface area contributed by atoms with Gasteiger partial charge in [0, 0.05) is 0 Å². The van der Waals surface area contributed by atoms with Gasteiger partial charge in [0.15, 0.2) is 11.9 Å². The molecule has 54 valence electrons. The van der Waals surface area contributed by atoms with Gasteiger partial charge in [-0.05, 0) is 6.92 Å². The number of hydrogen-bond donors (Lipinski definition) is 0. The van der Waals surface area contributed by atoms with Crippen molar-refractivity contribution in [3.63, 3.8) is 0 Å². The lowest BCUT2D eigenvalue weighted by molar-refractivity contribution is 0.402. The molecule has 1 aromatic rings. The summed E-state index contributed by atoms with van der Waals surface area (Å²) < 4.78 is 4.39. The summed E-state index contributed by atoms with van der Waals surface area (Å²) in [7, 11) is 0. The van der Waals surface area contributed by atoms with Crippen LogP contribution in [0.15, 0.2) is 4.52 Å². The molecule has 0 aliphatic heterocycles. The Balaban J connectivity index is 0.000000371. The summed E-state index contributed by atoms with van der Waals surface area (Å²) in [5.74, 6) is 0.504. The monoisotopic (exact) mass is 139 g/mol. The Hall–Kier alpha value is -1.37. The van der Waals surface area contributed by atoms with Gasteiger partial charge >= 0.3 is 5.89 Å². The van der Waals surface area contributed by atoms with Gasteiger partial charge in [-0.3, -0.25) is 0 Å². The van der Waals surface area contributed by atoms with Crippen LogP contribution in [0.3, 0.4) is 0 Å². The van der Waals surface area contributed by atoms with Crippen molar-refractivity contribution in [1.29, 1.82) is 5.26 Å². The second kappa shape index (κ2) is 4.50. The first kappa shape index (κ1) is 8.63. The lowest BCUT2D eigenvalue weighted by Crippen LogP contribution is -1.71. The summed E-state index contributed by atoms with van der Waals surface area (Å²) in [5.41, 5.74) is 0. The fourth-order valence-electron chi connectivity index (χ4n) is 0.342. The standard InChI is InChI=1S/C4H3N3O.C2H6/c1-3-6-4(2-5)8-7-3;1-2/h1H3;1-2H3. The molecule has 10 heavy (non-hydrogen) atoms. The molecule has 0 spiro atoms. The highest BCUT2D eigenvalue weighted by atomic mass is 16.5. The minimum Gasteiger partial charge on any atom is -0.323 e. The molecule has 0 fully saturated rings. The highest BCUT2D eigenvalue weighted by Crippen LogP contribution is 1.90. The summed E-state index contributed by atoms with van der Waals surface area (Å²) in [4.78, 5) is 3.59. The van der Waals surface area contributed by atoms with E-state index in [1.54, 1.807) is 13.0 Å². The van der Waals surface area contributed by atoms with Crippen molar-refractivity contribution >= 4 is 0 Å². The van der Waals surface area contributed by atoms with Crippen molar-refractivity contribution in [2.75, 3.05) is 0 Å². The molecule has 0 aliphatic carbocycles. The first-order valence-corrected chi connectivity index (χ1v) is 3.03. The molecule has 1 heterocycles. The van der Waals surface area contributed by atoms with E-state index in [1.165, 1.54) is 0 Å². The minimum absolute atomic E-state index is 0.0162. The Kier molecular flexibility index (Phi) is 3.89. The van der Waals surface area contributed by atoms with E-state index in [4.69, 9.17) is 5.26 Å². The van der Waals surface area contributed by atoms with E-state index in [1.807, 2.05) is 13.8 Å². The van der Waals surface area contributed by atoms with Gasteiger partial charge in [-0.15, -0.1) is 0 Å². The van der Waals surface area contributed by atoms with Gasteiger partial charge in [0.25, 0.3) is 0 Å². The topological polar surface area (TPSA) is 62.7 Å². The van der Waals surface area contributed by atoms with Gasteiger partial charge in [-0.25, -0.2) is 0 Å². The maximum Gasteiger partial charge on any atom is 0.328 e. The summed E-state index contributed by atoms with van der Waals surface area (Å²) in [6.45, 7) is 5.66. The van der Waals surface area contributed by atoms with Gasteiger partial charge < -0.3 is 4.52 Å². The van der Waals surface area contributed by atoms with Crippen LogP contribution in [0.1, 0.15) is 25.6 Å². The van der Waals surface area contributed by atoms with Crippen LogP contribution in [0.5, 0.6) is 0 Å². The molecule has 0 N–H and O–H groups in total. The molecule has 0 atom stereocenters. The third kappa shape index (κ3) is 2.27. The van der Waals surface area contributed by atoms with E-state index in [9.17, 15) is 0 Å². The highest BCUT2D eigenvalue weighted by molar-refractivity contribution is 5.03. The van der Waals surface area contributed by atoms with E-state index in [0.29, 0.717) is 5.82 Å². The predicted octanol–water partition coefficient (Wildman–Crippen LogP) is 1.28. The van der Waals surface area contributed by atoms with Crippen LogP contribution < -0.4 is 0 Å². The number of hydrogen-bond acceptors (Lipinski definition) is 4. The smallest absolute Gasteiger partial charge is 0.323 e. The van der Waals surface area contributed by atoms with Gasteiger partial charge in [-0.1, -0.05) is 19.0 Å². The lowest BCUT2D eigenvalue weighted by atomic mass is 10.7. The molecule has 0 amide bonds. The molecule has 0 saturated carbocycles. The zero-order valence-electron chi connectivity index (χ0n) is 6.25. The van der Waals surface area contributed by atoms with Crippen molar-refractivity contribution in [1.82, 2.24) is 10.1 Å². The summed E-state index contributed by atoms with van der Waals surface area (Å²) in [5, 5.41) is 11.5. The molecule has 4 nitrogen and oxygen atoms in total. The van der Waals surface area contributed by atoms with E-state index in [2.05, 4.69) is 14.7 Å². The quantitative estimate of drug-likeness (QED) is 0.543. The van der Waals surface area contributed by atoms with Crippen LogP contribution >= 0.6 is 0 Å². The lowest BCUT2D eigenvalue weighted by Gasteiger charge is -1.61. The summed E-state index contributed by atoms with van der Waals surface area (Å²) in [6.07, 6.45) is 0. The molecule has 1 rings (SSSR count). The Labute approximate surface area is 59.5 Å². The van der Waals surface area contributed by atoms with E-state index >= 15 is 0 Å². The Morgan fingerprint density at radius 1 is 1.50 bits per heavy atom. The van der Waals surface area contributed by atoms with E-state index in [-0.39, 0.29) is 5.89 Å². The predicted molar refractivity (Wildman–Crippen MR) is 35.1 cm³/mol. The second-order valence-electron chi connectivity index (χ2n) is 1.26. The highest BCUT2D eigenvalue weighted by Gasteiger charge is 1.96. The van der Waals surface area contributed by atoms with E-state index in [0.717, 1.165) is 0 Å². The van der Waals surface area contributed by atoms with Gasteiger partial charge in [0.2, 0.25) is 0 Å². The third-order valence-corrected chi connectivity index (χ3v) is 0.623. The maximum atomic E-state index is 8.10. The van der Waals surface area contributed by atoms with Crippen LogP contribution in [0.25, 0.3) is 0 Å². The molecule has 0 aliphatic rings. The Bertz CT molecular complexity index is 223. The van der Waals surface area contributed by atoms with Gasteiger partial charge in [0.1, 0.15) is 0 Å². The normalized spacial score (nSPS) is 7.40. The maximum absolute atomic E-state index is 8.10. The largest absolute Gasteiger partial charge is 0.328 e. The third-order valence-electron chi connectivity index (χ3n) is 0.623. The molecule has 0 saturated heterocycles. The van der Waals surface area contributed by atoms with Crippen molar-refractivity contribution in [2.45, 2.75) is 20.8 Å². The summed E-state index contributed by atoms with van der Waals surface area (Å²) in [6, 6.07) is 1.71. The van der Waals surface area contributed by atoms with Crippen molar-refractivity contribution in [3.8, 4) is 6.07 Å². The number of nitrogens with zero attached hydrogens (tertiary/aromatic N) is 3. The molecule has 0 bridgehead atoms. The average Bonchev–Trinajstić information content (AvgIpc) is 2.40. The van der Waals surface area contributed by atoms with Crippen molar-refractivity contribution < 1.29 is 4.52 Å². The molecular formula is C6H9N3O. The van der Waals surface area contributed by atoms with Crippen LogP contribution in [0.2, 0.25) is 0 Å². The number of nitriles is 1. The first-order chi connectivity index (χ1) is 4.83. The zero-order valence-corrected chi connectivity index (χ0v) is 6.25. The van der Waals surface area contributed by atoms with Gasteiger partial charge in [-0.2, -0.15) is 10.2 Å². The van der Waals surface area contributed by atoms with Crippen LogP contribution in [0, 0.1) is 18.3 Å². The molecule has 1 aromatic heterocycles. The number of rotatable bonds is 0. The number of aromatic nitrogens is 2.